The molecule has 1 atom stereocenters. The molecular formula is C16H24N2O2S. The van der Waals surface area contributed by atoms with E-state index in [-0.39, 0.29) is 23.9 Å². The SMILES string of the molecule is CC1CCc2c(C(=O)NCC(=O)NC(C)(C)C)csc2C1. The summed E-state index contributed by atoms with van der Waals surface area (Å²) in [4.78, 5) is 25.3. The molecule has 2 amide bonds. The van der Waals surface area contributed by atoms with E-state index in [2.05, 4.69) is 17.6 Å². The first-order valence-electron chi connectivity index (χ1n) is 7.44. The second-order valence-electron chi connectivity index (χ2n) is 6.88. The molecule has 0 radical (unpaired) electrons. The fraction of sp³-hybridized carbons (Fsp3) is 0.625. The minimum Gasteiger partial charge on any atom is -0.350 e. The third-order valence-corrected chi connectivity index (χ3v) is 4.62. The van der Waals surface area contributed by atoms with E-state index < -0.39 is 0 Å². The molecule has 1 aromatic heterocycles. The Labute approximate surface area is 130 Å². The van der Waals surface area contributed by atoms with Gasteiger partial charge in [0, 0.05) is 15.8 Å². The van der Waals surface area contributed by atoms with Gasteiger partial charge in [-0.1, -0.05) is 6.92 Å². The van der Waals surface area contributed by atoms with E-state index in [0.29, 0.717) is 5.92 Å². The molecule has 5 heteroatoms. The molecule has 1 aliphatic carbocycles. The number of carbonyl (C=O) groups excluding carboxylic acids is 2. The summed E-state index contributed by atoms with van der Waals surface area (Å²) < 4.78 is 0. The van der Waals surface area contributed by atoms with Crippen LogP contribution in [0.1, 0.15) is 54.9 Å². The number of hydrogen-bond acceptors (Lipinski definition) is 3. The zero-order valence-electron chi connectivity index (χ0n) is 13.2. The number of amides is 2. The maximum atomic E-state index is 12.2. The highest BCUT2D eigenvalue weighted by atomic mass is 32.1. The number of thiophene rings is 1. The van der Waals surface area contributed by atoms with E-state index in [1.807, 2.05) is 26.2 Å². The zero-order chi connectivity index (χ0) is 15.6. The van der Waals surface area contributed by atoms with Crippen LogP contribution >= 0.6 is 11.3 Å². The third kappa shape index (κ3) is 4.30. The smallest absolute Gasteiger partial charge is 0.252 e. The van der Waals surface area contributed by atoms with Crippen LogP contribution in [-0.4, -0.2) is 23.9 Å². The fourth-order valence-corrected chi connectivity index (χ4v) is 3.83. The van der Waals surface area contributed by atoms with E-state index >= 15 is 0 Å². The molecule has 1 heterocycles. The molecule has 0 aliphatic heterocycles. The van der Waals surface area contributed by atoms with Gasteiger partial charge in [-0.05, 0) is 51.5 Å². The number of carbonyl (C=O) groups is 2. The van der Waals surface area contributed by atoms with E-state index in [4.69, 9.17) is 0 Å². The Morgan fingerprint density at radius 3 is 2.76 bits per heavy atom. The lowest BCUT2D eigenvalue weighted by atomic mass is 9.88. The van der Waals surface area contributed by atoms with E-state index in [1.54, 1.807) is 11.3 Å². The van der Waals surface area contributed by atoms with Crippen LogP contribution in [0.5, 0.6) is 0 Å². The van der Waals surface area contributed by atoms with E-state index in [9.17, 15) is 9.59 Å². The Kier molecular flexibility index (Phi) is 4.71. The average Bonchev–Trinajstić information content (AvgIpc) is 2.76. The van der Waals surface area contributed by atoms with Crippen LogP contribution in [0.25, 0.3) is 0 Å². The molecule has 21 heavy (non-hydrogen) atoms. The van der Waals surface area contributed by atoms with Gasteiger partial charge >= 0.3 is 0 Å². The van der Waals surface area contributed by atoms with Gasteiger partial charge in [0.05, 0.1) is 12.1 Å². The molecule has 0 aromatic carbocycles. The van der Waals surface area contributed by atoms with Crippen LogP contribution in [0.15, 0.2) is 5.38 Å². The van der Waals surface area contributed by atoms with Crippen molar-refractivity contribution in [1.29, 1.82) is 0 Å². The molecule has 2 N–H and O–H groups in total. The van der Waals surface area contributed by atoms with Crippen molar-refractivity contribution in [3.8, 4) is 0 Å². The topological polar surface area (TPSA) is 58.2 Å². The normalized spacial score (nSPS) is 18.0. The Morgan fingerprint density at radius 2 is 2.10 bits per heavy atom. The van der Waals surface area contributed by atoms with Gasteiger partial charge < -0.3 is 10.6 Å². The molecule has 1 aliphatic rings. The van der Waals surface area contributed by atoms with Gasteiger partial charge in [-0.3, -0.25) is 9.59 Å². The second-order valence-corrected chi connectivity index (χ2v) is 7.84. The largest absolute Gasteiger partial charge is 0.350 e. The van der Waals surface area contributed by atoms with Crippen molar-refractivity contribution in [1.82, 2.24) is 10.6 Å². The van der Waals surface area contributed by atoms with Gasteiger partial charge in [0.1, 0.15) is 0 Å². The van der Waals surface area contributed by atoms with Crippen molar-refractivity contribution in [3.63, 3.8) is 0 Å². The summed E-state index contributed by atoms with van der Waals surface area (Å²) in [6.45, 7) is 8.03. The van der Waals surface area contributed by atoms with Crippen molar-refractivity contribution in [2.24, 2.45) is 5.92 Å². The molecule has 2 rings (SSSR count). The van der Waals surface area contributed by atoms with Crippen molar-refractivity contribution in [2.75, 3.05) is 6.54 Å². The molecule has 116 valence electrons. The summed E-state index contributed by atoms with van der Waals surface area (Å²) >= 11 is 1.67. The predicted octanol–water partition coefficient (Wildman–Crippen LogP) is 2.52. The molecule has 0 spiro atoms. The van der Waals surface area contributed by atoms with Gasteiger partial charge in [0.2, 0.25) is 5.91 Å². The summed E-state index contributed by atoms with van der Waals surface area (Å²) in [6.07, 6.45) is 3.17. The van der Waals surface area contributed by atoms with Crippen molar-refractivity contribution in [2.45, 2.75) is 52.5 Å². The van der Waals surface area contributed by atoms with Gasteiger partial charge in [0.15, 0.2) is 0 Å². The molecule has 1 unspecified atom stereocenters. The summed E-state index contributed by atoms with van der Waals surface area (Å²) in [7, 11) is 0. The van der Waals surface area contributed by atoms with Crippen molar-refractivity contribution >= 4 is 23.2 Å². The van der Waals surface area contributed by atoms with Gasteiger partial charge in [0.25, 0.3) is 5.91 Å². The Balaban J connectivity index is 1.94. The third-order valence-electron chi connectivity index (χ3n) is 3.57. The second kappa shape index (κ2) is 6.18. The number of hydrogen-bond donors (Lipinski definition) is 2. The van der Waals surface area contributed by atoms with Crippen molar-refractivity contribution in [3.05, 3.63) is 21.4 Å². The Bertz CT molecular complexity index is 543. The maximum Gasteiger partial charge on any atom is 0.252 e. The molecule has 0 bridgehead atoms. The first-order valence-corrected chi connectivity index (χ1v) is 8.32. The number of rotatable bonds is 3. The fourth-order valence-electron chi connectivity index (χ4n) is 2.59. The van der Waals surface area contributed by atoms with Gasteiger partial charge in [-0.15, -0.1) is 11.3 Å². The lowest BCUT2D eigenvalue weighted by Crippen LogP contribution is -2.45. The first-order chi connectivity index (χ1) is 9.76. The first kappa shape index (κ1) is 16.0. The molecular weight excluding hydrogens is 284 g/mol. The summed E-state index contributed by atoms with van der Waals surface area (Å²) in [5.74, 6) is 0.407. The minimum absolute atomic E-state index is 0.0249. The number of fused-ring (bicyclic) bond motifs is 1. The van der Waals surface area contributed by atoms with Crippen LogP contribution in [0.4, 0.5) is 0 Å². The molecule has 0 fully saturated rings. The van der Waals surface area contributed by atoms with Crippen LogP contribution in [0.3, 0.4) is 0 Å². The predicted molar refractivity (Wildman–Crippen MR) is 85.7 cm³/mol. The van der Waals surface area contributed by atoms with Gasteiger partial charge in [-0.25, -0.2) is 0 Å². The lowest BCUT2D eigenvalue weighted by Gasteiger charge is -2.21. The van der Waals surface area contributed by atoms with Gasteiger partial charge in [-0.2, -0.15) is 0 Å². The lowest BCUT2D eigenvalue weighted by molar-refractivity contribution is -0.121. The van der Waals surface area contributed by atoms with E-state index in [0.717, 1.165) is 24.8 Å². The van der Waals surface area contributed by atoms with Crippen LogP contribution in [0.2, 0.25) is 0 Å². The molecule has 1 aromatic rings. The highest BCUT2D eigenvalue weighted by Gasteiger charge is 2.23. The quantitative estimate of drug-likeness (QED) is 0.901. The molecule has 0 saturated heterocycles. The Hall–Kier alpha value is -1.36. The summed E-state index contributed by atoms with van der Waals surface area (Å²) in [5.41, 5.74) is 1.66. The highest BCUT2D eigenvalue weighted by Crippen LogP contribution is 2.32. The number of nitrogens with one attached hydrogen (secondary N) is 2. The standard InChI is InChI=1S/C16H24N2O2S/c1-10-5-6-11-12(9-21-13(11)7-10)15(20)17-8-14(19)18-16(2,3)4/h9-10H,5-8H2,1-4H3,(H,17,20)(H,18,19). The zero-order valence-corrected chi connectivity index (χ0v) is 14.0. The molecule has 4 nitrogen and oxygen atoms in total. The van der Waals surface area contributed by atoms with Crippen LogP contribution in [0, 0.1) is 5.92 Å². The van der Waals surface area contributed by atoms with Crippen LogP contribution < -0.4 is 10.6 Å². The average molecular weight is 308 g/mol. The van der Waals surface area contributed by atoms with Crippen LogP contribution in [-0.2, 0) is 17.6 Å². The summed E-state index contributed by atoms with van der Waals surface area (Å²) in [5, 5.41) is 7.49. The van der Waals surface area contributed by atoms with Crippen molar-refractivity contribution < 1.29 is 9.59 Å². The Morgan fingerprint density at radius 1 is 1.38 bits per heavy atom. The minimum atomic E-state index is -0.278. The molecule has 0 saturated carbocycles. The highest BCUT2D eigenvalue weighted by molar-refractivity contribution is 7.10. The maximum absolute atomic E-state index is 12.2. The monoisotopic (exact) mass is 308 g/mol. The summed E-state index contributed by atoms with van der Waals surface area (Å²) in [6, 6.07) is 0. The van der Waals surface area contributed by atoms with E-state index in [1.165, 1.54) is 10.4 Å².